The van der Waals surface area contributed by atoms with Crippen molar-refractivity contribution in [3.63, 3.8) is 0 Å². The molecule has 0 unspecified atom stereocenters. The van der Waals surface area contributed by atoms with E-state index in [9.17, 15) is 22.8 Å². The highest BCUT2D eigenvalue weighted by Gasteiger charge is 2.29. The van der Waals surface area contributed by atoms with Crippen LogP contribution in [0.1, 0.15) is 10.4 Å². The summed E-state index contributed by atoms with van der Waals surface area (Å²) in [6.45, 7) is 0. The van der Waals surface area contributed by atoms with E-state index in [2.05, 4.69) is 5.32 Å². The first-order valence-corrected chi connectivity index (χ1v) is 6.59. The first-order valence-electron chi connectivity index (χ1n) is 5.78. The number of fused-ring (bicyclic) bond motifs is 1. The van der Waals surface area contributed by atoms with Gasteiger partial charge in [-0.15, -0.1) is 0 Å². The van der Waals surface area contributed by atoms with E-state index >= 15 is 0 Å². The Balaban J connectivity index is 1.97. The fourth-order valence-corrected chi connectivity index (χ4v) is 2.78. The first kappa shape index (κ1) is 13.7. The molecule has 1 aliphatic heterocycles. The van der Waals surface area contributed by atoms with Crippen molar-refractivity contribution in [3.8, 4) is 0 Å². The Morgan fingerprint density at radius 3 is 2.38 bits per heavy atom. The summed E-state index contributed by atoms with van der Waals surface area (Å²) >= 11 is 0.861. The molecule has 1 heterocycles. The molecule has 1 N–H and O–H groups in total. The van der Waals surface area contributed by atoms with Crippen molar-refractivity contribution < 1.29 is 22.8 Å². The van der Waals surface area contributed by atoms with Crippen LogP contribution in [-0.4, -0.2) is 11.7 Å². The van der Waals surface area contributed by atoms with Gasteiger partial charge in [0.05, 0.1) is 16.1 Å². The van der Waals surface area contributed by atoms with E-state index in [1.165, 1.54) is 12.1 Å². The van der Waals surface area contributed by atoms with E-state index in [4.69, 9.17) is 0 Å². The molecule has 0 radical (unpaired) electrons. The van der Waals surface area contributed by atoms with Crippen LogP contribution in [0.4, 0.5) is 18.9 Å². The first-order chi connectivity index (χ1) is 9.95. The fraction of sp³-hybridized carbons (Fsp3) is 0. The lowest BCUT2D eigenvalue weighted by Crippen LogP contribution is -2.12. The van der Waals surface area contributed by atoms with Gasteiger partial charge in [0.25, 0.3) is 11.7 Å². The highest BCUT2D eigenvalue weighted by Crippen LogP contribution is 2.35. The lowest BCUT2D eigenvalue weighted by atomic mass is 10.1. The van der Waals surface area contributed by atoms with Crippen molar-refractivity contribution >= 4 is 29.1 Å². The maximum absolute atomic E-state index is 13.9. The molecule has 0 saturated carbocycles. The van der Waals surface area contributed by atoms with Crippen LogP contribution >= 0.6 is 11.8 Å². The lowest BCUT2D eigenvalue weighted by molar-refractivity contribution is -0.112. The average molecular weight is 309 g/mol. The standard InChI is InChI=1S/C14H6F3NO2S/c15-8-2-1-6(3-9(8)16)21-12-5-11-7(4-10(12)17)13(19)14(20)18-11/h1-5H,(H,18,19,20). The maximum atomic E-state index is 13.9. The predicted octanol–water partition coefficient (Wildman–Crippen LogP) is 3.39. The molecule has 1 amide bonds. The molecule has 0 bridgehead atoms. The quantitative estimate of drug-likeness (QED) is 0.865. The number of hydrogen-bond donors (Lipinski definition) is 1. The highest BCUT2D eigenvalue weighted by molar-refractivity contribution is 7.99. The van der Waals surface area contributed by atoms with Gasteiger partial charge in [-0.2, -0.15) is 0 Å². The third-order valence-electron chi connectivity index (χ3n) is 2.89. The molecule has 2 aromatic carbocycles. The Morgan fingerprint density at radius 2 is 1.67 bits per heavy atom. The molecule has 0 aliphatic carbocycles. The largest absolute Gasteiger partial charge is 0.318 e. The van der Waals surface area contributed by atoms with Crippen LogP contribution in [0.15, 0.2) is 40.1 Å². The Bertz CT molecular complexity index is 792. The van der Waals surface area contributed by atoms with Gasteiger partial charge in [0.2, 0.25) is 0 Å². The van der Waals surface area contributed by atoms with Crippen molar-refractivity contribution in [3.05, 3.63) is 53.3 Å². The zero-order chi connectivity index (χ0) is 15.1. The molecule has 0 atom stereocenters. The Labute approximate surface area is 121 Å². The van der Waals surface area contributed by atoms with E-state index in [-0.39, 0.29) is 16.1 Å². The van der Waals surface area contributed by atoms with E-state index in [0.29, 0.717) is 4.90 Å². The van der Waals surface area contributed by atoms with Gasteiger partial charge in [0.1, 0.15) is 5.82 Å². The SMILES string of the molecule is O=C1Nc2cc(Sc3ccc(F)c(F)c3)c(F)cc2C1=O. The van der Waals surface area contributed by atoms with Gasteiger partial charge in [-0.1, -0.05) is 11.8 Å². The van der Waals surface area contributed by atoms with Crippen LogP contribution in [0, 0.1) is 17.5 Å². The minimum atomic E-state index is -1.04. The number of halogens is 3. The number of Topliss-reactive ketones (excluding diaryl/α,β-unsaturated/α-hetero) is 1. The Kier molecular flexibility index (Phi) is 3.21. The van der Waals surface area contributed by atoms with Crippen LogP contribution in [-0.2, 0) is 4.79 Å². The number of carbonyl (C=O) groups excluding carboxylic acids is 2. The summed E-state index contributed by atoms with van der Waals surface area (Å²) in [7, 11) is 0. The third kappa shape index (κ3) is 2.40. The molecular formula is C14H6F3NO2S. The molecule has 3 nitrogen and oxygen atoms in total. The smallest absolute Gasteiger partial charge is 0.296 e. The minimum Gasteiger partial charge on any atom is -0.318 e. The molecule has 0 saturated heterocycles. The lowest BCUT2D eigenvalue weighted by Gasteiger charge is -2.06. The predicted molar refractivity (Wildman–Crippen MR) is 69.8 cm³/mol. The van der Waals surface area contributed by atoms with Crippen LogP contribution in [0.3, 0.4) is 0 Å². The Hall–Kier alpha value is -2.28. The molecule has 2 aromatic rings. The summed E-state index contributed by atoms with van der Waals surface area (Å²) in [6, 6.07) is 5.43. The van der Waals surface area contributed by atoms with Crippen molar-refractivity contribution in [1.29, 1.82) is 0 Å². The Morgan fingerprint density at radius 1 is 0.905 bits per heavy atom. The van der Waals surface area contributed by atoms with Crippen LogP contribution in [0.2, 0.25) is 0 Å². The van der Waals surface area contributed by atoms with E-state index < -0.39 is 29.1 Å². The summed E-state index contributed by atoms with van der Waals surface area (Å²) in [5.74, 6) is -4.36. The number of nitrogens with one attached hydrogen (secondary N) is 1. The van der Waals surface area contributed by atoms with Crippen LogP contribution < -0.4 is 5.32 Å². The second-order valence-corrected chi connectivity index (χ2v) is 5.40. The van der Waals surface area contributed by atoms with E-state index in [1.807, 2.05) is 0 Å². The second-order valence-electron chi connectivity index (χ2n) is 4.29. The van der Waals surface area contributed by atoms with Gasteiger partial charge >= 0.3 is 0 Å². The minimum absolute atomic E-state index is 0.0351. The van der Waals surface area contributed by atoms with E-state index in [0.717, 1.165) is 30.0 Å². The number of amides is 1. The van der Waals surface area contributed by atoms with Gasteiger partial charge in [-0.05, 0) is 30.3 Å². The van der Waals surface area contributed by atoms with Crippen LogP contribution in [0.25, 0.3) is 0 Å². The number of rotatable bonds is 2. The third-order valence-corrected chi connectivity index (χ3v) is 3.91. The van der Waals surface area contributed by atoms with Gasteiger partial charge in [-0.3, -0.25) is 9.59 Å². The molecule has 0 spiro atoms. The molecular weight excluding hydrogens is 303 g/mol. The molecule has 1 aliphatic rings. The summed E-state index contributed by atoms with van der Waals surface area (Å²) in [5.41, 5.74) is 0.170. The van der Waals surface area contributed by atoms with Gasteiger partial charge < -0.3 is 5.32 Å². The molecule has 0 aromatic heterocycles. The highest BCUT2D eigenvalue weighted by atomic mass is 32.2. The van der Waals surface area contributed by atoms with Gasteiger partial charge in [-0.25, -0.2) is 13.2 Å². The van der Waals surface area contributed by atoms with Gasteiger partial charge in [0.15, 0.2) is 11.6 Å². The zero-order valence-corrected chi connectivity index (χ0v) is 11.1. The molecule has 21 heavy (non-hydrogen) atoms. The topological polar surface area (TPSA) is 46.2 Å². The summed E-state index contributed by atoms with van der Waals surface area (Å²) in [6.07, 6.45) is 0. The molecule has 7 heteroatoms. The van der Waals surface area contributed by atoms with Crippen molar-refractivity contribution in [2.45, 2.75) is 9.79 Å². The van der Waals surface area contributed by atoms with Crippen LogP contribution in [0.5, 0.6) is 0 Å². The number of ketones is 1. The maximum Gasteiger partial charge on any atom is 0.296 e. The molecule has 0 fully saturated rings. The number of anilines is 1. The summed E-state index contributed by atoms with van der Waals surface area (Å²) in [5, 5.41) is 2.32. The van der Waals surface area contributed by atoms with Crippen molar-refractivity contribution in [2.75, 3.05) is 5.32 Å². The second kappa shape index (κ2) is 4.92. The summed E-state index contributed by atoms with van der Waals surface area (Å²) < 4.78 is 39.9. The van der Waals surface area contributed by atoms with Crippen molar-refractivity contribution in [1.82, 2.24) is 0 Å². The monoisotopic (exact) mass is 309 g/mol. The average Bonchev–Trinajstić information content (AvgIpc) is 2.70. The zero-order valence-electron chi connectivity index (χ0n) is 10.2. The number of hydrogen-bond acceptors (Lipinski definition) is 3. The van der Waals surface area contributed by atoms with Crippen molar-refractivity contribution in [2.24, 2.45) is 0 Å². The number of benzene rings is 2. The van der Waals surface area contributed by atoms with E-state index in [1.54, 1.807) is 0 Å². The van der Waals surface area contributed by atoms with Gasteiger partial charge in [0, 0.05) is 4.90 Å². The number of carbonyl (C=O) groups is 2. The summed E-state index contributed by atoms with van der Waals surface area (Å²) in [4.78, 5) is 23.0. The fourth-order valence-electron chi connectivity index (χ4n) is 1.89. The molecule has 106 valence electrons. The molecule has 3 rings (SSSR count). The normalized spacial score (nSPS) is 13.3.